The highest BCUT2D eigenvalue weighted by atomic mass is 16.5. The molecule has 0 saturated carbocycles. The van der Waals surface area contributed by atoms with Gasteiger partial charge in [0.1, 0.15) is 0 Å². The summed E-state index contributed by atoms with van der Waals surface area (Å²) in [6.45, 7) is 5.20. The fourth-order valence-corrected chi connectivity index (χ4v) is 2.73. The van der Waals surface area contributed by atoms with Gasteiger partial charge in [-0.1, -0.05) is 42.5 Å². The van der Waals surface area contributed by atoms with E-state index >= 15 is 0 Å². The van der Waals surface area contributed by atoms with E-state index in [2.05, 4.69) is 10.3 Å². The number of nitrogens with one attached hydrogen (secondary N) is 2. The van der Waals surface area contributed by atoms with E-state index in [-0.39, 0.29) is 12.0 Å². The van der Waals surface area contributed by atoms with Gasteiger partial charge in [-0.3, -0.25) is 4.79 Å². The van der Waals surface area contributed by atoms with Crippen molar-refractivity contribution in [2.24, 2.45) is 0 Å². The number of rotatable bonds is 7. The maximum Gasteiger partial charge on any atom is 0.224 e. The molecule has 130 valence electrons. The first-order valence-electron chi connectivity index (χ1n) is 8.63. The number of ether oxygens (including phenoxy) is 1. The topological polar surface area (TPSA) is 54.1 Å². The number of H-pyrrole nitrogens is 1. The number of hydrogen-bond donors (Lipinski definition) is 2. The molecule has 0 radical (unpaired) electrons. The summed E-state index contributed by atoms with van der Waals surface area (Å²) in [5.74, 6) is 0.0250. The van der Waals surface area contributed by atoms with Crippen LogP contribution in [0.15, 0.2) is 54.7 Å². The van der Waals surface area contributed by atoms with E-state index < -0.39 is 0 Å². The normalized spacial score (nSPS) is 11.2. The van der Waals surface area contributed by atoms with Gasteiger partial charge in [-0.25, -0.2) is 0 Å². The monoisotopic (exact) mass is 336 g/mol. The molecule has 1 amide bonds. The largest absolute Gasteiger partial charge is 0.374 e. The molecule has 0 saturated heterocycles. The first-order valence-corrected chi connectivity index (χ1v) is 8.63. The fraction of sp³-hybridized carbons (Fsp3) is 0.286. The van der Waals surface area contributed by atoms with Crippen LogP contribution in [0.3, 0.4) is 0 Å². The van der Waals surface area contributed by atoms with Gasteiger partial charge in [0.15, 0.2) is 0 Å². The van der Waals surface area contributed by atoms with Crippen molar-refractivity contribution in [1.29, 1.82) is 0 Å². The Morgan fingerprint density at radius 1 is 1.08 bits per heavy atom. The molecule has 0 fully saturated rings. The van der Waals surface area contributed by atoms with Crippen LogP contribution in [-0.4, -0.2) is 17.0 Å². The van der Waals surface area contributed by atoms with E-state index in [1.807, 2.05) is 68.6 Å². The summed E-state index contributed by atoms with van der Waals surface area (Å²) in [5.41, 5.74) is 4.31. The number of carbonyl (C=O) groups excluding carboxylic acids is 1. The number of amides is 1. The Morgan fingerprint density at radius 3 is 2.56 bits per heavy atom. The van der Waals surface area contributed by atoms with Gasteiger partial charge in [0.05, 0.1) is 19.1 Å². The van der Waals surface area contributed by atoms with Crippen LogP contribution in [0.4, 0.5) is 0 Å². The minimum Gasteiger partial charge on any atom is -0.374 e. The lowest BCUT2D eigenvalue weighted by atomic mass is 10.1. The van der Waals surface area contributed by atoms with Gasteiger partial charge in [0, 0.05) is 23.6 Å². The van der Waals surface area contributed by atoms with Crippen molar-refractivity contribution >= 4 is 16.8 Å². The van der Waals surface area contributed by atoms with Crippen LogP contribution in [0.5, 0.6) is 0 Å². The molecule has 0 aliphatic carbocycles. The minimum atomic E-state index is 0.0250. The van der Waals surface area contributed by atoms with Crippen molar-refractivity contribution in [3.8, 4) is 0 Å². The lowest BCUT2D eigenvalue weighted by Gasteiger charge is -2.09. The van der Waals surface area contributed by atoms with E-state index in [0.717, 1.165) is 27.6 Å². The molecule has 0 unspecified atom stereocenters. The summed E-state index contributed by atoms with van der Waals surface area (Å²) in [5, 5.41) is 4.09. The van der Waals surface area contributed by atoms with Gasteiger partial charge in [0.25, 0.3) is 0 Å². The quantitative estimate of drug-likeness (QED) is 0.686. The summed E-state index contributed by atoms with van der Waals surface area (Å²) >= 11 is 0. The lowest BCUT2D eigenvalue weighted by Crippen LogP contribution is -2.24. The number of aromatic nitrogens is 1. The molecule has 1 aromatic heterocycles. The molecule has 0 aliphatic rings. The van der Waals surface area contributed by atoms with Gasteiger partial charge in [-0.15, -0.1) is 0 Å². The first kappa shape index (κ1) is 17.2. The number of para-hydroxylation sites is 1. The van der Waals surface area contributed by atoms with Gasteiger partial charge in [-0.2, -0.15) is 0 Å². The molecular formula is C21H24N2O2. The van der Waals surface area contributed by atoms with Crippen molar-refractivity contribution in [3.05, 3.63) is 71.4 Å². The van der Waals surface area contributed by atoms with Crippen molar-refractivity contribution in [3.63, 3.8) is 0 Å². The highest BCUT2D eigenvalue weighted by molar-refractivity contribution is 5.88. The number of carbonyl (C=O) groups is 1. The molecule has 1 heterocycles. The Labute approximate surface area is 148 Å². The Hall–Kier alpha value is -2.59. The van der Waals surface area contributed by atoms with Crippen molar-refractivity contribution < 1.29 is 9.53 Å². The van der Waals surface area contributed by atoms with Gasteiger partial charge in [-0.05, 0) is 36.6 Å². The van der Waals surface area contributed by atoms with E-state index in [1.54, 1.807) is 0 Å². The summed E-state index contributed by atoms with van der Waals surface area (Å²) in [6, 6.07) is 16.2. The van der Waals surface area contributed by atoms with Crippen LogP contribution in [-0.2, 0) is 29.1 Å². The zero-order chi connectivity index (χ0) is 17.6. The van der Waals surface area contributed by atoms with Crippen molar-refractivity contribution in [1.82, 2.24) is 10.3 Å². The summed E-state index contributed by atoms with van der Waals surface area (Å²) in [4.78, 5) is 15.4. The van der Waals surface area contributed by atoms with E-state index in [1.165, 1.54) is 0 Å². The van der Waals surface area contributed by atoms with Crippen molar-refractivity contribution in [2.45, 2.75) is 39.5 Å². The van der Waals surface area contributed by atoms with Gasteiger partial charge >= 0.3 is 0 Å². The first-order chi connectivity index (χ1) is 12.1. The maximum absolute atomic E-state index is 12.2. The Balaban J connectivity index is 1.52. The zero-order valence-corrected chi connectivity index (χ0v) is 14.7. The molecule has 0 bridgehead atoms. The second-order valence-corrected chi connectivity index (χ2v) is 6.49. The summed E-state index contributed by atoms with van der Waals surface area (Å²) in [7, 11) is 0. The smallest absolute Gasteiger partial charge is 0.224 e. The molecule has 0 atom stereocenters. The highest BCUT2D eigenvalue weighted by Gasteiger charge is 2.08. The number of fused-ring (bicyclic) bond motifs is 1. The molecule has 0 spiro atoms. The van der Waals surface area contributed by atoms with Crippen LogP contribution < -0.4 is 5.32 Å². The molecule has 3 aromatic rings. The molecule has 25 heavy (non-hydrogen) atoms. The molecule has 2 aromatic carbocycles. The third-order valence-corrected chi connectivity index (χ3v) is 4.12. The minimum absolute atomic E-state index is 0.0250. The van der Waals surface area contributed by atoms with Crippen LogP contribution in [0.25, 0.3) is 10.9 Å². The Morgan fingerprint density at radius 2 is 1.80 bits per heavy atom. The highest BCUT2D eigenvalue weighted by Crippen LogP contribution is 2.18. The number of aromatic amines is 1. The van der Waals surface area contributed by atoms with Crippen LogP contribution in [0.1, 0.15) is 30.5 Å². The Bertz CT molecular complexity index is 834. The van der Waals surface area contributed by atoms with Crippen LogP contribution >= 0.6 is 0 Å². The van der Waals surface area contributed by atoms with Gasteiger partial charge < -0.3 is 15.0 Å². The summed E-state index contributed by atoms with van der Waals surface area (Å²) in [6.07, 6.45) is 2.52. The van der Waals surface area contributed by atoms with E-state index in [9.17, 15) is 4.79 Å². The molecule has 4 nitrogen and oxygen atoms in total. The van der Waals surface area contributed by atoms with Crippen LogP contribution in [0.2, 0.25) is 0 Å². The van der Waals surface area contributed by atoms with E-state index in [0.29, 0.717) is 19.6 Å². The van der Waals surface area contributed by atoms with E-state index in [4.69, 9.17) is 4.74 Å². The number of benzene rings is 2. The molecular weight excluding hydrogens is 312 g/mol. The third-order valence-electron chi connectivity index (χ3n) is 4.12. The lowest BCUT2D eigenvalue weighted by molar-refractivity contribution is -0.120. The molecule has 0 aliphatic heterocycles. The Kier molecular flexibility index (Phi) is 5.51. The molecule has 2 N–H and O–H groups in total. The number of hydrogen-bond acceptors (Lipinski definition) is 2. The second-order valence-electron chi connectivity index (χ2n) is 6.49. The van der Waals surface area contributed by atoms with Crippen LogP contribution in [0, 0.1) is 0 Å². The molecule has 4 heteroatoms. The van der Waals surface area contributed by atoms with Gasteiger partial charge in [0.2, 0.25) is 5.91 Å². The molecule has 3 rings (SSSR count). The average molecular weight is 336 g/mol. The maximum atomic E-state index is 12.2. The van der Waals surface area contributed by atoms with Crippen molar-refractivity contribution in [2.75, 3.05) is 0 Å². The zero-order valence-electron chi connectivity index (χ0n) is 14.7. The standard InChI is InChI=1S/C21H24N2O2/c1-15(2)25-14-17-9-7-16(8-10-17)12-23-21(24)11-18-13-22-20-6-4-3-5-19(18)20/h3-10,13,15,22H,11-12,14H2,1-2H3,(H,23,24). The predicted molar refractivity (Wildman–Crippen MR) is 100 cm³/mol. The second kappa shape index (κ2) is 7.99. The fourth-order valence-electron chi connectivity index (χ4n) is 2.73. The SMILES string of the molecule is CC(C)OCc1ccc(CNC(=O)Cc2c[nH]c3ccccc23)cc1. The summed E-state index contributed by atoms with van der Waals surface area (Å²) < 4.78 is 5.59. The average Bonchev–Trinajstić information content (AvgIpc) is 3.02. The predicted octanol–water partition coefficient (Wildman–Crippen LogP) is 3.95. The third kappa shape index (κ3) is 4.70.